The van der Waals surface area contributed by atoms with Gasteiger partial charge in [0.2, 0.25) is 11.8 Å². The van der Waals surface area contributed by atoms with Gasteiger partial charge in [0.15, 0.2) is 0 Å². The number of halogens is 2. The van der Waals surface area contributed by atoms with E-state index in [1.54, 1.807) is 35.3 Å². The maximum Gasteiger partial charge on any atom is 0.243 e. The van der Waals surface area contributed by atoms with Gasteiger partial charge < -0.3 is 9.80 Å². The fourth-order valence-corrected chi connectivity index (χ4v) is 4.86. The van der Waals surface area contributed by atoms with Crippen LogP contribution in [0.4, 0.5) is 4.39 Å². The summed E-state index contributed by atoms with van der Waals surface area (Å²) in [6, 6.07) is 8.21. The molecule has 1 fully saturated rings. The van der Waals surface area contributed by atoms with E-state index in [0.717, 1.165) is 30.4 Å². The van der Waals surface area contributed by atoms with Crippen LogP contribution in [0.2, 0.25) is 0 Å². The minimum absolute atomic E-state index is 0.0394. The molecular weight excluding hydrogens is 399 g/mol. The van der Waals surface area contributed by atoms with Crippen molar-refractivity contribution in [2.75, 3.05) is 13.1 Å². The van der Waals surface area contributed by atoms with Gasteiger partial charge in [-0.05, 0) is 60.9 Å². The molecule has 4 nitrogen and oxygen atoms in total. The van der Waals surface area contributed by atoms with Gasteiger partial charge in [0.1, 0.15) is 17.7 Å². The number of amides is 2. The van der Waals surface area contributed by atoms with Gasteiger partial charge in [0.25, 0.3) is 0 Å². The molecule has 0 spiro atoms. The summed E-state index contributed by atoms with van der Waals surface area (Å²) in [5.41, 5.74) is 1.97. The van der Waals surface area contributed by atoms with E-state index in [1.165, 1.54) is 17.0 Å². The molecule has 2 heterocycles. The molecule has 148 valence electrons. The predicted molar refractivity (Wildman–Crippen MR) is 108 cm³/mol. The van der Waals surface area contributed by atoms with Crippen molar-refractivity contribution < 1.29 is 14.0 Å². The monoisotopic (exact) mass is 420 g/mol. The Morgan fingerprint density at radius 2 is 2.00 bits per heavy atom. The summed E-state index contributed by atoms with van der Waals surface area (Å²) >= 11 is 7.69. The molecule has 1 aromatic heterocycles. The van der Waals surface area contributed by atoms with Crippen molar-refractivity contribution in [3.05, 3.63) is 57.5 Å². The number of hydrogen-bond acceptors (Lipinski definition) is 3. The SMILES string of the molecule is C[C@H](Cl)C(=O)N(CC(=O)N1CCc2sccc2[C@H]1c1ccc(F)cc1)C1CC1. The molecule has 2 aliphatic rings. The minimum Gasteiger partial charge on any atom is -0.330 e. The van der Waals surface area contributed by atoms with Crippen LogP contribution in [0.1, 0.15) is 41.8 Å². The maximum atomic E-state index is 13.4. The first-order valence-corrected chi connectivity index (χ1v) is 10.8. The Hall–Kier alpha value is -1.92. The van der Waals surface area contributed by atoms with Crippen LogP contribution in [-0.4, -0.2) is 46.1 Å². The minimum atomic E-state index is -0.647. The fourth-order valence-electron chi connectivity index (χ4n) is 3.83. The Kier molecular flexibility index (Phi) is 5.43. The van der Waals surface area contributed by atoms with E-state index in [9.17, 15) is 14.0 Å². The molecule has 0 saturated heterocycles. The van der Waals surface area contributed by atoms with Crippen LogP contribution in [0.25, 0.3) is 0 Å². The Morgan fingerprint density at radius 3 is 2.64 bits per heavy atom. The van der Waals surface area contributed by atoms with Crippen molar-refractivity contribution in [2.24, 2.45) is 0 Å². The van der Waals surface area contributed by atoms with Gasteiger partial charge in [0.05, 0.1) is 6.04 Å². The molecule has 1 aliphatic carbocycles. The summed E-state index contributed by atoms with van der Waals surface area (Å²) < 4.78 is 13.4. The summed E-state index contributed by atoms with van der Waals surface area (Å²) in [6.45, 7) is 2.26. The van der Waals surface area contributed by atoms with E-state index >= 15 is 0 Å². The zero-order valence-electron chi connectivity index (χ0n) is 15.6. The van der Waals surface area contributed by atoms with Gasteiger partial charge in [-0.2, -0.15) is 0 Å². The molecule has 0 unspecified atom stereocenters. The quantitative estimate of drug-likeness (QED) is 0.686. The van der Waals surface area contributed by atoms with Crippen LogP contribution >= 0.6 is 22.9 Å². The van der Waals surface area contributed by atoms with Crippen LogP contribution in [-0.2, 0) is 16.0 Å². The first kappa shape index (κ1) is 19.4. The third-order valence-corrected chi connectivity index (χ3v) is 6.57. The molecule has 0 N–H and O–H groups in total. The number of nitrogens with zero attached hydrogens (tertiary/aromatic N) is 2. The van der Waals surface area contributed by atoms with Gasteiger partial charge >= 0.3 is 0 Å². The van der Waals surface area contributed by atoms with Crippen molar-refractivity contribution in [3.8, 4) is 0 Å². The molecule has 1 saturated carbocycles. The normalized spacial score (nSPS) is 19.8. The summed E-state index contributed by atoms with van der Waals surface area (Å²) in [7, 11) is 0. The zero-order chi connectivity index (χ0) is 19.8. The Labute approximate surface area is 172 Å². The highest BCUT2D eigenvalue weighted by atomic mass is 35.5. The van der Waals surface area contributed by atoms with Crippen molar-refractivity contribution in [1.82, 2.24) is 9.80 Å². The standard InChI is InChI=1S/C21H22ClFN2O2S/c1-13(22)21(27)25(16-6-7-16)12-19(26)24-10-8-18-17(9-11-28-18)20(24)14-2-4-15(23)5-3-14/h2-5,9,11,13,16,20H,6-8,10,12H2,1H3/t13-,20+/m0/s1. The van der Waals surface area contributed by atoms with Crippen molar-refractivity contribution in [3.63, 3.8) is 0 Å². The third-order valence-electron chi connectivity index (χ3n) is 5.39. The lowest BCUT2D eigenvalue weighted by Crippen LogP contribution is -2.48. The number of hydrogen-bond donors (Lipinski definition) is 0. The maximum absolute atomic E-state index is 13.4. The Bertz CT molecular complexity index is 879. The summed E-state index contributed by atoms with van der Waals surface area (Å²) in [4.78, 5) is 30.4. The van der Waals surface area contributed by atoms with E-state index < -0.39 is 5.38 Å². The second kappa shape index (κ2) is 7.84. The highest BCUT2D eigenvalue weighted by molar-refractivity contribution is 7.10. The Balaban J connectivity index is 1.62. The average molecular weight is 421 g/mol. The molecule has 4 rings (SSSR count). The number of thiophene rings is 1. The van der Waals surface area contributed by atoms with Crippen LogP contribution in [0.15, 0.2) is 35.7 Å². The molecule has 1 aromatic carbocycles. The summed E-state index contributed by atoms with van der Waals surface area (Å²) in [6.07, 6.45) is 2.62. The highest BCUT2D eigenvalue weighted by Crippen LogP contribution is 2.38. The van der Waals surface area contributed by atoms with Crippen LogP contribution < -0.4 is 0 Å². The number of carbonyl (C=O) groups excluding carboxylic acids is 2. The van der Waals surface area contributed by atoms with Gasteiger partial charge in [-0.1, -0.05) is 12.1 Å². The lowest BCUT2D eigenvalue weighted by molar-refractivity contribution is -0.141. The fraction of sp³-hybridized carbons (Fsp3) is 0.429. The smallest absolute Gasteiger partial charge is 0.243 e. The van der Waals surface area contributed by atoms with Gasteiger partial charge in [-0.15, -0.1) is 22.9 Å². The summed E-state index contributed by atoms with van der Waals surface area (Å²) in [5.74, 6) is -0.586. The van der Waals surface area contributed by atoms with Gasteiger partial charge in [-0.25, -0.2) is 4.39 Å². The molecule has 2 amide bonds. The van der Waals surface area contributed by atoms with Crippen LogP contribution in [0.5, 0.6) is 0 Å². The zero-order valence-corrected chi connectivity index (χ0v) is 17.2. The van der Waals surface area contributed by atoms with E-state index in [1.807, 2.05) is 16.3 Å². The van der Waals surface area contributed by atoms with Crippen LogP contribution in [0, 0.1) is 5.82 Å². The van der Waals surface area contributed by atoms with Crippen molar-refractivity contribution in [1.29, 1.82) is 0 Å². The molecule has 2 atom stereocenters. The second-order valence-electron chi connectivity index (χ2n) is 7.40. The number of benzene rings is 1. The highest BCUT2D eigenvalue weighted by Gasteiger charge is 2.38. The van der Waals surface area contributed by atoms with E-state index in [4.69, 9.17) is 11.6 Å². The first-order valence-electron chi connectivity index (χ1n) is 9.51. The van der Waals surface area contributed by atoms with Crippen LogP contribution in [0.3, 0.4) is 0 Å². The summed E-state index contributed by atoms with van der Waals surface area (Å²) in [5, 5.41) is 1.39. The molecular formula is C21H22ClFN2O2S. The van der Waals surface area contributed by atoms with Gasteiger partial charge in [-0.3, -0.25) is 9.59 Å². The van der Waals surface area contributed by atoms with Gasteiger partial charge in [0, 0.05) is 17.5 Å². The number of carbonyl (C=O) groups is 2. The molecule has 2 aromatic rings. The lowest BCUT2D eigenvalue weighted by Gasteiger charge is -2.37. The lowest BCUT2D eigenvalue weighted by atomic mass is 9.93. The molecule has 28 heavy (non-hydrogen) atoms. The average Bonchev–Trinajstić information content (AvgIpc) is 3.41. The van der Waals surface area contributed by atoms with E-state index in [2.05, 4.69) is 0 Å². The van der Waals surface area contributed by atoms with E-state index in [-0.39, 0.29) is 36.3 Å². The third kappa shape index (κ3) is 3.80. The second-order valence-corrected chi connectivity index (χ2v) is 9.06. The van der Waals surface area contributed by atoms with Crippen molar-refractivity contribution >= 4 is 34.8 Å². The Morgan fingerprint density at radius 1 is 1.29 bits per heavy atom. The van der Waals surface area contributed by atoms with E-state index in [0.29, 0.717) is 6.54 Å². The number of rotatable bonds is 5. The predicted octanol–water partition coefficient (Wildman–Crippen LogP) is 3.98. The number of alkyl halides is 1. The molecule has 7 heteroatoms. The molecule has 1 aliphatic heterocycles. The molecule has 0 bridgehead atoms. The first-order chi connectivity index (χ1) is 13.5. The number of fused-ring (bicyclic) bond motifs is 1. The topological polar surface area (TPSA) is 40.6 Å². The largest absolute Gasteiger partial charge is 0.330 e. The van der Waals surface area contributed by atoms with Crippen molar-refractivity contribution in [2.45, 2.75) is 43.6 Å². The molecule has 0 radical (unpaired) electrons.